The topological polar surface area (TPSA) is 84.5 Å². The quantitative estimate of drug-likeness (QED) is 0.586. The number of para-hydroxylation sites is 2. The Kier molecular flexibility index (Phi) is 6.51. The molecule has 3 aromatic rings. The number of ether oxygens (including phenoxy) is 1. The van der Waals surface area contributed by atoms with E-state index in [1.165, 1.54) is 17.7 Å². The molecule has 2 N–H and O–H groups in total. The molecule has 0 unspecified atom stereocenters. The number of hydrogen-bond acceptors (Lipinski definition) is 4. The van der Waals surface area contributed by atoms with E-state index in [-0.39, 0.29) is 17.2 Å². The number of carbonyl (C=O) groups is 1. The van der Waals surface area contributed by atoms with Crippen molar-refractivity contribution in [3.63, 3.8) is 0 Å². The van der Waals surface area contributed by atoms with E-state index in [9.17, 15) is 13.2 Å². The van der Waals surface area contributed by atoms with Gasteiger partial charge in [0.2, 0.25) is 0 Å². The molecule has 0 bridgehead atoms. The number of nitrogens with one attached hydrogen (secondary N) is 2. The van der Waals surface area contributed by atoms with Gasteiger partial charge in [-0.05, 0) is 48.4 Å². The lowest BCUT2D eigenvalue weighted by atomic mass is 10.2. The predicted octanol–water partition coefficient (Wildman–Crippen LogP) is 4.07. The van der Waals surface area contributed by atoms with Gasteiger partial charge in [-0.25, -0.2) is 8.42 Å². The smallest absolute Gasteiger partial charge is 0.262 e. The van der Waals surface area contributed by atoms with Gasteiger partial charge >= 0.3 is 0 Å². The summed E-state index contributed by atoms with van der Waals surface area (Å²) in [5.74, 6) is 0.200. The highest BCUT2D eigenvalue weighted by atomic mass is 32.2. The van der Waals surface area contributed by atoms with E-state index in [0.29, 0.717) is 11.4 Å². The summed E-state index contributed by atoms with van der Waals surface area (Å²) in [5.41, 5.74) is 1.81. The molecular weight excluding hydrogens is 388 g/mol. The number of amides is 1. The molecule has 0 radical (unpaired) electrons. The van der Waals surface area contributed by atoms with Gasteiger partial charge in [-0.1, -0.05) is 49.4 Å². The highest BCUT2D eigenvalue weighted by Crippen LogP contribution is 2.24. The molecule has 0 heterocycles. The number of anilines is 2. The molecule has 3 rings (SSSR count). The van der Waals surface area contributed by atoms with Gasteiger partial charge in [0.1, 0.15) is 5.75 Å². The van der Waals surface area contributed by atoms with Crippen LogP contribution in [0.25, 0.3) is 0 Å². The first kappa shape index (κ1) is 20.4. The van der Waals surface area contributed by atoms with Crippen LogP contribution in [0.4, 0.5) is 11.4 Å². The first-order chi connectivity index (χ1) is 14.0. The monoisotopic (exact) mass is 410 g/mol. The molecule has 0 aliphatic rings. The Morgan fingerprint density at radius 2 is 1.48 bits per heavy atom. The van der Waals surface area contributed by atoms with Crippen LogP contribution in [0.2, 0.25) is 0 Å². The Morgan fingerprint density at radius 1 is 0.862 bits per heavy atom. The van der Waals surface area contributed by atoms with Crippen molar-refractivity contribution in [3.05, 3.63) is 84.4 Å². The summed E-state index contributed by atoms with van der Waals surface area (Å²) in [7, 11) is -3.77. The number of benzene rings is 3. The minimum Gasteiger partial charge on any atom is -0.484 e. The molecule has 0 saturated carbocycles. The predicted molar refractivity (Wildman–Crippen MR) is 114 cm³/mol. The second-order valence-corrected chi connectivity index (χ2v) is 7.98. The van der Waals surface area contributed by atoms with Crippen molar-refractivity contribution in [1.82, 2.24) is 0 Å². The van der Waals surface area contributed by atoms with Crippen LogP contribution in [-0.2, 0) is 21.2 Å². The Balaban J connectivity index is 1.66. The van der Waals surface area contributed by atoms with Crippen molar-refractivity contribution in [2.75, 3.05) is 16.6 Å². The normalized spacial score (nSPS) is 10.9. The molecule has 7 heteroatoms. The lowest BCUT2D eigenvalue weighted by molar-refractivity contribution is -0.118. The van der Waals surface area contributed by atoms with Crippen molar-refractivity contribution in [2.45, 2.75) is 18.2 Å². The lowest BCUT2D eigenvalue weighted by Gasteiger charge is -2.14. The third kappa shape index (κ3) is 5.58. The molecule has 0 fully saturated rings. The Bertz CT molecular complexity index is 1070. The summed E-state index contributed by atoms with van der Waals surface area (Å²) < 4.78 is 33.1. The zero-order valence-corrected chi connectivity index (χ0v) is 16.8. The Hall–Kier alpha value is -3.32. The van der Waals surface area contributed by atoms with Gasteiger partial charge in [0.05, 0.1) is 16.3 Å². The molecule has 0 aromatic heterocycles. The molecule has 150 valence electrons. The summed E-state index contributed by atoms with van der Waals surface area (Å²) in [6, 6.07) is 22.1. The van der Waals surface area contributed by atoms with Gasteiger partial charge in [0.25, 0.3) is 15.9 Å². The third-order valence-electron chi connectivity index (χ3n) is 4.20. The molecule has 0 saturated heterocycles. The van der Waals surface area contributed by atoms with Crippen molar-refractivity contribution in [3.8, 4) is 5.75 Å². The molecule has 0 spiro atoms. The van der Waals surface area contributed by atoms with E-state index < -0.39 is 15.9 Å². The van der Waals surface area contributed by atoms with E-state index in [0.717, 1.165) is 6.42 Å². The summed E-state index contributed by atoms with van der Waals surface area (Å²) in [6.45, 7) is 1.87. The van der Waals surface area contributed by atoms with Crippen molar-refractivity contribution >= 4 is 27.3 Å². The molecule has 1 amide bonds. The minimum absolute atomic E-state index is 0.139. The molecule has 3 aromatic carbocycles. The Labute approximate surface area is 170 Å². The standard InChI is InChI=1S/C22H22N2O4S/c1-2-17-12-14-18(15-13-17)28-16-22(25)23-20-10-6-7-11-21(20)24-29(26,27)19-8-4-3-5-9-19/h3-15,24H,2,16H2,1H3,(H,23,25). The number of hydrogen-bond donors (Lipinski definition) is 2. The highest BCUT2D eigenvalue weighted by Gasteiger charge is 2.16. The second kappa shape index (κ2) is 9.25. The SMILES string of the molecule is CCc1ccc(OCC(=O)Nc2ccccc2NS(=O)(=O)c2ccccc2)cc1. The van der Waals surface area contributed by atoms with Crippen LogP contribution in [0.1, 0.15) is 12.5 Å². The van der Waals surface area contributed by atoms with E-state index in [1.807, 2.05) is 24.3 Å². The number of rotatable bonds is 8. The van der Waals surface area contributed by atoms with Crippen LogP contribution < -0.4 is 14.8 Å². The van der Waals surface area contributed by atoms with Gasteiger partial charge in [0.15, 0.2) is 6.61 Å². The van der Waals surface area contributed by atoms with Gasteiger partial charge in [0, 0.05) is 0 Å². The number of sulfonamides is 1. The average Bonchev–Trinajstić information content (AvgIpc) is 2.74. The minimum atomic E-state index is -3.77. The van der Waals surface area contributed by atoms with Gasteiger partial charge in [-0.2, -0.15) is 0 Å². The van der Waals surface area contributed by atoms with Crippen molar-refractivity contribution in [1.29, 1.82) is 0 Å². The summed E-state index contributed by atoms with van der Waals surface area (Å²) in [5, 5.41) is 2.69. The molecule has 0 aliphatic carbocycles. The first-order valence-corrected chi connectivity index (χ1v) is 10.6. The van der Waals surface area contributed by atoms with E-state index >= 15 is 0 Å². The Morgan fingerprint density at radius 3 is 2.14 bits per heavy atom. The van der Waals surface area contributed by atoms with Gasteiger partial charge in [-0.3, -0.25) is 9.52 Å². The van der Waals surface area contributed by atoms with E-state index in [1.54, 1.807) is 42.5 Å². The summed E-state index contributed by atoms with van der Waals surface area (Å²) in [4.78, 5) is 12.4. The molecule has 0 aliphatic heterocycles. The maximum Gasteiger partial charge on any atom is 0.262 e. The zero-order valence-electron chi connectivity index (χ0n) is 16.0. The van der Waals surface area contributed by atoms with E-state index in [2.05, 4.69) is 17.0 Å². The van der Waals surface area contributed by atoms with Crippen molar-refractivity contribution < 1.29 is 17.9 Å². The lowest BCUT2D eigenvalue weighted by Crippen LogP contribution is -2.21. The van der Waals surface area contributed by atoms with Gasteiger partial charge in [-0.15, -0.1) is 0 Å². The molecule has 6 nitrogen and oxygen atoms in total. The number of aryl methyl sites for hydroxylation is 1. The fourth-order valence-corrected chi connectivity index (χ4v) is 3.74. The van der Waals surface area contributed by atoms with Crippen LogP contribution in [0.15, 0.2) is 83.8 Å². The van der Waals surface area contributed by atoms with Crippen LogP contribution in [-0.4, -0.2) is 20.9 Å². The summed E-state index contributed by atoms with van der Waals surface area (Å²) >= 11 is 0. The molecular formula is C22H22N2O4S. The number of carbonyl (C=O) groups excluding carboxylic acids is 1. The van der Waals surface area contributed by atoms with Crippen LogP contribution in [0, 0.1) is 0 Å². The second-order valence-electron chi connectivity index (χ2n) is 6.30. The maximum atomic E-state index is 12.6. The van der Waals surface area contributed by atoms with Crippen LogP contribution in [0.5, 0.6) is 5.75 Å². The molecule has 0 atom stereocenters. The fourth-order valence-electron chi connectivity index (χ4n) is 2.64. The fraction of sp³-hybridized carbons (Fsp3) is 0.136. The highest BCUT2D eigenvalue weighted by molar-refractivity contribution is 7.92. The maximum absolute atomic E-state index is 12.6. The summed E-state index contributed by atoms with van der Waals surface area (Å²) in [6.07, 6.45) is 0.927. The van der Waals surface area contributed by atoms with Crippen LogP contribution in [0.3, 0.4) is 0 Å². The molecule has 29 heavy (non-hydrogen) atoms. The van der Waals surface area contributed by atoms with E-state index in [4.69, 9.17) is 4.74 Å². The zero-order chi connectivity index (χ0) is 20.7. The average molecular weight is 410 g/mol. The van der Waals surface area contributed by atoms with Gasteiger partial charge < -0.3 is 10.1 Å². The van der Waals surface area contributed by atoms with Crippen molar-refractivity contribution in [2.24, 2.45) is 0 Å². The third-order valence-corrected chi connectivity index (χ3v) is 5.58. The largest absolute Gasteiger partial charge is 0.484 e. The van der Waals surface area contributed by atoms with Crippen LogP contribution >= 0.6 is 0 Å². The first-order valence-electron chi connectivity index (χ1n) is 9.16.